The van der Waals surface area contributed by atoms with Crippen molar-refractivity contribution in [2.45, 2.75) is 63.8 Å². The molecule has 1 aromatic rings. The molecular formula is C23H34N2OS. The van der Waals surface area contributed by atoms with Gasteiger partial charge < -0.3 is 9.80 Å². The Hall–Kier alpha value is -1.00. The van der Waals surface area contributed by atoms with E-state index in [-0.39, 0.29) is 5.92 Å². The van der Waals surface area contributed by atoms with Crippen LogP contribution in [0.25, 0.3) is 0 Å². The van der Waals surface area contributed by atoms with Gasteiger partial charge in [-0.15, -0.1) is 0 Å². The zero-order chi connectivity index (χ0) is 18.8. The van der Waals surface area contributed by atoms with Gasteiger partial charge in [0.25, 0.3) is 0 Å². The third-order valence-electron chi connectivity index (χ3n) is 6.62. The second kappa shape index (κ2) is 8.57. The van der Waals surface area contributed by atoms with E-state index in [1.165, 1.54) is 42.6 Å². The van der Waals surface area contributed by atoms with Crippen LogP contribution in [-0.4, -0.2) is 59.4 Å². The highest BCUT2D eigenvalue weighted by atomic mass is 32.2. The molecule has 0 aromatic heterocycles. The van der Waals surface area contributed by atoms with E-state index in [0.717, 1.165) is 43.9 Å². The molecular weight excluding hydrogens is 352 g/mol. The van der Waals surface area contributed by atoms with Gasteiger partial charge in [0.15, 0.2) is 0 Å². The summed E-state index contributed by atoms with van der Waals surface area (Å²) >= 11 is 2.02. The number of rotatable bonds is 4. The lowest BCUT2D eigenvalue weighted by atomic mass is 9.80. The summed E-state index contributed by atoms with van der Waals surface area (Å²) in [5.74, 6) is 3.23. The number of fused-ring (bicyclic) bond motifs is 1. The molecule has 2 atom stereocenters. The summed E-state index contributed by atoms with van der Waals surface area (Å²) in [4.78, 5) is 18.4. The Kier molecular flexibility index (Phi) is 6.13. The van der Waals surface area contributed by atoms with Crippen molar-refractivity contribution >= 4 is 17.7 Å². The Morgan fingerprint density at radius 3 is 2.78 bits per heavy atom. The number of hydrogen-bond acceptors (Lipinski definition) is 3. The molecule has 0 saturated carbocycles. The summed E-state index contributed by atoms with van der Waals surface area (Å²) < 4.78 is 0. The van der Waals surface area contributed by atoms with Crippen LogP contribution in [0.15, 0.2) is 18.2 Å². The molecule has 27 heavy (non-hydrogen) atoms. The number of carbonyl (C=O) groups excluding carboxylic acids is 1. The average Bonchev–Trinajstić information content (AvgIpc) is 3.20. The summed E-state index contributed by atoms with van der Waals surface area (Å²) in [6, 6.07) is 7.28. The van der Waals surface area contributed by atoms with Gasteiger partial charge in [0.05, 0.1) is 12.0 Å². The van der Waals surface area contributed by atoms with Crippen LogP contribution in [0, 0.1) is 0 Å². The molecule has 2 saturated heterocycles. The number of benzene rings is 1. The maximum absolute atomic E-state index is 13.6. The fourth-order valence-electron chi connectivity index (χ4n) is 5.01. The van der Waals surface area contributed by atoms with E-state index in [1.807, 2.05) is 11.8 Å². The number of carbonyl (C=O) groups is 1. The summed E-state index contributed by atoms with van der Waals surface area (Å²) in [5, 5.41) is 0. The van der Waals surface area contributed by atoms with Gasteiger partial charge >= 0.3 is 0 Å². The standard InChI is InChI=1S/C23H34N2OS/c1-17(2)18-8-9-21-19(14-18)6-5-7-22(21)23(26)25-12-13-27-16-20(25)15-24-10-3-4-11-24/h8-9,14,17,20,22H,3-7,10-13,15-16H2,1-2H3. The van der Waals surface area contributed by atoms with Gasteiger partial charge in [-0.05, 0) is 67.8 Å². The molecule has 148 valence electrons. The van der Waals surface area contributed by atoms with Crippen molar-refractivity contribution in [3.05, 3.63) is 34.9 Å². The zero-order valence-electron chi connectivity index (χ0n) is 17.0. The van der Waals surface area contributed by atoms with Crippen LogP contribution in [0.2, 0.25) is 0 Å². The highest BCUT2D eigenvalue weighted by molar-refractivity contribution is 7.99. The molecule has 4 heteroatoms. The molecule has 4 rings (SSSR count). The number of amides is 1. The topological polar surface area (TPSA) is 23.6 Å². The first kappa shape index (κ1) is 19.3. The molecule has 0 radical (unpaired) electrons. The van der Waals surface area contributed by atoms with Crippen molar-refractivity contribution in [1.82, 2.24) is 9.80 Å². The first-order valence-corrected chi connectivity index (χ1v) is 12.0. The first-order valence-electron chi connectivity index (χ1n) is 10.9. The van der Waals surface area contributed by atoms with Gasteiger partial charge in [0, 0.05) is 24.6 Å². The lowest BCUT2D eigenvalue weighted by Gasteiger charge is -2.40. The minimum absolute atomic E-state index is 0.0825. The normalized spacial score (nSPS) is 26.4. The Balaban J connectivity index is 1.53. The highest BCUT2D eigenvalue weighted by Crippen LogP contribution is 2.36. The predicted octanol–water partition coefficient (Wildman–Crippen LogP) is 4.27. The number of likely N-dealkylation sites (tertiary alicyclic amines) is 1. The number of thioether (sulfide) groups is 1. The monoisotopic (exact) mass is 386 g/mol. The molecule has 0 bridgehead atoms. The zero-order valence-corrected chi connectivity index (χ0v) is 17.8. The number of nitrogens with zero attached hydrogens (tertiary/aromatic N) is 2. The number of aryl methyl sites for hydroxylation is 1. The molecule has 3 aliphatic rings. The molecule has 2 unspecified atom stereocenters. The first-order chi connectivity index (χ1) is 13.1. The molecule has 0 N–H and O–H groups in total. The average molecular weight is 387 g/mol. The Morgan fingerprint density at radius 1 is 1.19 bits per heavy atom. The Morgan fingerprint density at radius 2 is 2.00 bits per heavy atom. The van der Waals surface area contributed by atoms with Crippen LogP contribution >= 0.6 is 11.8 Å². The lowest BCUT2D eigenvalue weighted by Crippen LogP contribution is -2.52. The molecule has 2 fully saturated rings. The molecule has 1 amide bonds. The molecule has 0 spiro atoms. The van der Waals surface area contributed by atoms with Crippen molar-refractivity contribution in [2.75, 3.05) is 37.7 Å². The Bertz CT molecular complexity index is 668. The minimum atomic E-state index is 0.0825. The van der Waals surface area contributed by atoms with Crippen molar-refractivity contribution < 1.29 is 4.79 Å². The van der Waals surface area contributed by atoms with Gasteiger partial charge in [-0.25, -0.2) is 0 Å². The van der Waals surface area contributed by atoms with Crippen molar-refractivity contribution in [3.63, 3.8) is 0 Å². The summed E-state index contributed by atoms with van der Waals surface area (Å²) in [6.07, 6.45) is 5.94. The smallest absolute Gasteiger partial charge is 0.230 e. The maximum atomic E-state index is 13.6. The van der Waals surface area contributed by atoms with E-state index >= 15 is 0 Å². The Labute approximate surface area is 168 Å². The lowest BCUT2D eigenvalue weighted by molar-refractivity contribution is -0.135. The number of hydrogen-bond donors (Lipinski definition) is 0. The quantitative estimate of drug-likeness (QED) is 0.772. The van der Waals surface area contributed by atoms with Gasteiger partial charge in [-0.3, -0.25) is 4.79 Å². The third-order valence-corrected chi connectivity index (χ3v) is 7.72. The molecule has 1 aliphatic carbocycles. The molecule has 3 nitrogen and oxygen atoms in total. The van der Waals surface area contributed by atoms with Gasteiger partial charge in [0.1, 0.15) is 0 Å². The van der Waals surface area contributed by atoms with Crippen LogP contribution in [0.1, 0.15) is 68.1 Å². The van der Waals surface area contributed by atoms with Crippen molar-refractivity contribution in [1.29, 1.82) is 0 Å². The van der Waals surface area contributed by atoms with Gasteiger partial charge in [-0.2, -0.15) is 11.8 Å². The maximum Gasteiger partial charge on any atom is 0.230 e. The summed E-state index contributed by atoms with van der Waals surface area (Å²) in [6.45, 7) is 8.94. The third kappa shape index (κ3) is 4.22. The van der Waals surface area contributed by atoms with E-state index in [1.54, 1.807) is 0 Å². The highest BCUT2D eigenvalue weighted by Gasteiger charge is 2.35. The summed E-state index contributed by atoms with van der Waals surface area (Å²) in [5.41, 5.74) is 4.14. The van der Waals surface area contributed by atoms with Crippen molar-refractivity contribution in [2.24, 2.45) is 0 Å². The summed E-state index contributed by atoms with van der Waals surface area (Å²) in [7, 11) is 0. The molecule has 1 aromatic carbocycles. The van der Waals surface area contributed by atoms with Crippen LogP contribution in [0.5, 0.6) is 0 Å². The largest absolute Gasteiger partial charge is 0.336 e. The van der Waals surface area contributed by atoms with Crippen LogP contribution in [-0.2, 0) is 11.2 Å². The molecule has 2 aliphatic heterocycles. The van der Waals surface area contributed by atoms with E-state index in [9.17, 15) is 4.79 Å². The fraction of sp³-hybridized carbons (Fsp3) is 0.696. The van der Waals surface area contributed by atoms with Crippen LogP contribution < -0.4 is 0 Å². The second-order valence-electron chi connectivity index (χ2n) is 8.83. The van der Waals surface area contributed by atoms with E-state index in [2.05, 4.69) is 41.8 Å². The predicted molar refractivity (Wildman–Crippen MR) is 115 cm³/mol. The van der Waals surface area contributed by atoms with E-state index in [0.29, 0.717) is 17.9 Å². The SMILES string of the molecule is CC(C)c1ccc2c(c1)CCCC2C(=O)N1CCSCC1CN1CCCC1. The van der Waals surface area contributed by atoms with Gasteiger partial charge in [0.2, 0.25) is 5.91 Å². The van der Waals surface area contributed by atoms with Crippen LogP contribution in [0.4, 0.5) is 0 Å². The molecule has 2 heterocycles. The van der Waals surface area contributed by atoms with Crippen LogP contribution in [0.3, 0.4) is 0 Å². The second-order valence-corrected chi connectivity index (χ2v) is 9.98. The van der Waals surface area contributed by atoms with E-state index in [4.69, 9.17) is 0 Å². The van der Waals surface area contributed by atoms with Gasteiger partial charge in [-0.1, -0.05) is 32.0 Å². The minimum Gasteiger partial charge on any atom is -0.336 e. The fourth-order valence-corrected chi connectivity index (χ4v) is 6.06. The van der Waals surface area contributed by atoms with Crippen molar-refractivity contribution in [3.8, 4) is 0 Å². The van der Waals surface area contributed by atoms with E-state index < -0.39 is 0 Å².